The Labute approximate surface area is 173 Å². The molecule has 4 heteroatoms. The van der Waals surface area contributed by atoms with Gasteiger partial charge < -0.3 is 9.84 Å². The van der Waals surface area contributed by atoms with E-state index >= 15 is 0 Å². The van der Waals surface area contributed by atoms with E-state index in [-0.39, 0.29) is 5.41 Å². The number of alkyl halides is 1. The summed E-state index contributed by atoms with van der Waals surface area (Å²) in [5.41, 5.74) is -0.310. The Morgan fingerprint density at radius 1 is 1.07 bits per heavy atom. The molecule has 0 saturated heterocycles. The van der Waals surface area contributed by atoms with Gasteiger partial charge in [0.15, 0.2) is 0 Å². The van der Waals surface area contributed by atoms with Crippen LogP contribution in [0, 0.1) is 40.9 Å². The number of rotatable bonds is 5. The standard InChI is InChI=1S/C23H37BrO3/c1-3-23-11-9-17-16-8-10-22(26,14-27-2)12-15(16)4-5-18(17)19(23)6-7-20(23)21(25)13-24/h15-20,26H,3-14H2,1-2H3/t15-,16-,17+,18+,19-,20+,22+,23-/m0/s1. The third-order valence-electron chi connectivity index (χ3n) is 9.41. The highest BCUT2D eigenvalue weighted by Crippen LogP contribution is 2.66. The van der Waals surface area contributed by atoms with Crippen molar-refractivity contribution >= 4 is 21.7 Å². The van der Waals surface area contributed by atoms with Crippen LogP contribution in [0.2, 0.25) is 0 Å². The number of halogens is 1. The first-order valence-corrected chi connectivity index (χ1v) is 12.4. The van der Waals surface area contributed by atoms with Crippen molar-refractivity contribution in [2.24, 2.45) is 40.9 Å². The van der Waals surface area contributed by atoms with Crippen molar-refractivity contribution in [1.82, 2.24) is 0 Å². The number of hydrogen-bond acceptors (Lipinski definition) is 3. The van der Waals surface area contributed by atoms with E-state index in [9.17, 15) is 9.90 Å². The fraction of sp³-hybridized carbons (Fsp3) is 0.957. The molecule has 4 fully saturated rings. The summed E-state index contributed by atoms with van der Waals surface area (Å²) >= 11 is 3.45. The average Bonchev–Trinajstić information content (AvgIpc) is 3.07. The minimum atomic E-state index is -0.592. The Hall–Kier alpha value is 0.0700. The zero-order valence-corrected chi connectivity index (χ0v) is 18.7. The van der Waals surface area contributed by atoms with Crippen LogP contribution in [0.4, 0.5) is 0 Å². The normalized spacial score (nSPS) is 49.2. The van der Waals surface area contributed by atoms with E-state index in [0.29, 0.717) is 29.6 Å². The zero-order valence-electron chi connectivity index (χ0n) is 17.1. The van der Waals surface area contributed by atoms with E-state index in [0.717, 1.165) is 42.9 Å². The van der Waals surface area contributed by atoms with Gasteiger partial charge in [0.05, 0.1) is 17.5 Å². The van der Waals surface area contributed by atoms with E-state index in [1.54, 1.807) is 7.11 Å². The average molecular weight is 441 g/mol. The van der Waals surface area contributed by atoms with Crippen molar-refractivity contribution in [2.75, 3.05) is 19.0 Å². The Kier molecular flexibility index (Phi) is 5.82. The summed E-state index contributed by atoms with van der Waals surface area (Å²) in [7, 11) is 1.71. The Bertz CT molecular complexity index is 566. The second-order valence-corrected chi connectivity index (χ2v) is 10.8. The molecule has 4 aliphatic rings. The fourth-order valence-electron chi connectivity index (χ4n) is 8.43. The van der Waals surface area contributed by atoms with E-state index in [2.05, 4.69) is 22.9 Å². The summed E-state index contributed by atoms with van der Waals surface area (Å²) in [6.07, 6.45) is 11.7. The summed E-state index contributed by atoms with van der Waals surface area (Å²) in [4.78, 5) is 12.7. The van der Waals surface area contributed by atoms with Crippen molar-refractivity contribution in [1.29, 1.82) is 0 Å². The lowest BCUT2D eigenvalue weighted by Gasteiger charge is -2.57. The van der Waals surface area contributed by atoms with Gasteiger partial charge in [-0.05, 0) is 99.2 Å². The molecular formula is C23H37BrO3. The van der Waals surface area contributed by atoms with Gasteiger partial charge in [-0.25, -0.2) is 0 Å². The molecule has 0 unspecified atom stereocenters. The van der Waals surface area contributed by atoms with Crippen LogP contribution >= 0.6 is 15.9 Å². The monoisotopic (exact) mass is 440 g/mol. The molecule has 1 N–H and O–H groups in total. The molecule has 0 aliphatic heterocycles. The SMILES string of the molecule is CC[C@]12CC[C@H]3[C@@H](CC[C@H]4C[C@@](O)(COC)CC[C@@H]43)[C@@H]1CC[C@@H]2C(=O)CBr. The molecule has 8 atom stereocenters. The molecule has 4 aliphatic carbocycles. The second kappa shape index (κ2) is 7.72. The highest BCUT2D eigenvalue weighted by molar-refractivity contribution is 9.09. The topological polar surface area (TPSA) is 46.5 Å². The first kappa shape index (κ1) is 20.3. The number of methoxy groups -OCH3 is 1. The van der Waals surface area contributed by atoms with Gasteiger partial charge in [0.2, 0.25) is 0 Å². The van der Waals surface area contributed by atoms with Gasteiger partial charge in [0.25, 0.3) is 0 Å². The smallest absolute Gasteiger partial charge is 0.147 e. The third-order valence-corrected chi connectivity index (χ3v) is 9.96. The third kappa shape index (κ3) is 3.26. The molecule has 4 saturated carbocycles. The van der Waals surface area contributed by atoms with Crippen molar-refractivity contribution in [3.8, 4) is 0 Å². The van der Waals surface area contributed by atoms with Crippen molar-refractivity contribution < 1.29 is 14.6 Å². The number of fused-ring (bicyclic) bond motifs is 5. The van der Waals surface area contributed by atoms with Gasteiger partial charge in [-0.3, -0.25) is 4.79 Å². The number of hydrogen-bond donors (Lipinski definition) is 1. The van der Waals surface area contributed by atoms with Gasteiger partial charge >= 0.3 is 0 Å². The largest absolute Gasteiger partial charge is 0.387 e. The maximum absolute atomic E-state index is 12.7. The molecule has 3 nitrogen and oxygen atoms in total. The Balaban J connectivity index is 1.52. The first-order chi connectivity index (χ1) is 13.0. The van der Waals surface area contributed by atoms with Crippen LogP contribution in [-0.4, -0.2) is 35.5 Å². The molecule has 0 aromatic carbocycles. The summed E-state index contributed by atoms with van der Waals surface area (Å²) in [5, 5.41) is 11.4. The molecular weight excluding hydrogens is 404 g/mol. The number of Topliss-reactive ketones (excluding diaryl/α,β-unsaturated/α-hetero) is 1. The molecule has 4 rings (SSSR count). The van der Waals surface area contributed by atoms with Gasteiger partial charge in [-0.2, -0.15) is 0 Å². The lowest BCUT2D eigenvalue weighted by atomic mass is 9.48. The van der Waals surface area contributed by atoms with Crippen LogP contribution in [-0.2, 0) is 9.53 Å². The summed E-state index contributed by atoms with van der Waals surface area (Å²) in [5.74, 6) is 4.63. The molecule has 0 aromatic rings. The molecule has 0 heterocycles. The van der Waals surface area contributed by atoms with E-state index in [4.69, 9.17) is 4.74 Å². The lowest BCUT2D eigenvalue weighted by molar-refractivity contribution is -0.137. The van der Waals surface area contributed by atoms with Crippen LogP contribution in [0.25, 0.3) is 0 Å². The molecule has 0 amide bonds. The van der Waals surface area contributed by atoms with Crippen molar-refractivity contribution in [3.05, 3.63) is 0 Å². The fourth-order valence-corrected chi connectivity index (χ4v) is 8.82. The van der Waals surface area contributed by atoms with Crippen LogP contribution in [0.1, 0.15) is 71.1 Å². The second-order valence-electron chi connectivity index (χ2n) is 10.2. The maximum Gasteiger partial charge on any atom is 0.147 e. The molecule has 0 radical (unpaired) electrons. The summed E-state index contributed by atoms with van der Waals surface area (Å²) < 4.78 is 5.31. The maximum atomic E-state index is 12.7. The number of aliphatic hydroxyl groups is 1. The zero-order chi connectivity index (χ0) is 19.2. The van der Waals surface area contributed by atoms with Crippen LogP contribution in [0.3, 0.4) is 0 Å². The molecule has 0 spiro atoms. The van der Waals surface area contributed by atoms with Gasteiger partial charge in [0.1, 0.15) is 5.78 Å². The highest BCUT2D eigenvalue weighted by Gasteiger charge is 2.59. The predicted molar refractivity (Wildman–Crippen MR) is 111 cm³/mol. The van der Waals surface area contributed by atoms with Crippen molar-refractivity contribution in [2.45, 2.75) is 76.7 Å². The predicted octanol–water partition coefficient (Wildman–Crippen LogP) is 4.99. The van der Waals surface area contributed by atoms with Crippen LogP contribution in [0.15, 0.2) is 0 Å². The number of carbonyl (C=O) groups is 1. The van der Waals surface area contributed by atoms with E-state index in [1.807, 2.05) is 0 Å². The van der Waals surface area contributed by atoms with Crippen molar-refractivity contribution in [3.63, 3.8) is 0 Å². The van der Waals surface area contributed by atoms with Gasteiger partial charge in [0, 0.05) is 13.0 Å². The molecule has 0 aromatic heterocycles. The Morgan fingerprint density at radius 3 is 2.56 bits per heavy atom. The highest BCUT2D eigenvalue weighted by atomic mass is 79.9. The quantitative estimate of drug-likeness (QED) is 0.612. The summed E-state index contributed by atoms with van der Waals surface area (Å²) in [6.45, 7) is 2.83. The number of ketones is 1. The number of ether oxygens (including phenoxy) is 1. The summed E-state index contributed by atoms with van der Waals surface area (Å²) in [6, 6.07) is 0. The van der Waals surface area contributed by atoms with Gasteiger partial charge in [-0.15, -0.1) is 0 Å². The molecule has 154 valence electrons. The van der Waals surface area contributed by atoms with Crippen LogP contribution in [0.5, 0.6) is 0 Å². The molecule has 27 heavy (non-hydrogen) atoms. The Morgan fingerprint density at radius 2 is 1.85 bits per heavy atom. The van der Waals surface area contributed by atoms with Crippen LogP contribution < -0.4 is 0 Å². The number of carbonyl (C=O) groups excluding carboxylic acids is 1. The van der Waals surface area contributed by atoms with Gasteiger partial charge in [-0.1, -0.05) is 22.9 Å². The van der Waals surface area contributed by atoms with E-state index in [1.165, 1.54) is 44.9 Å². The minimum Gasteiger partial charge on any atom is -0.387 e. The first-order valence-electron chi connectivity index (χ1n) is 11.3. The van der Waals surface area contributed by atoms with E-state index < -0.39 is 5.60 Å². The minimum absolute atomic E-state index is 0.282. The molecule has 0 bridgehead atoms. The lowest BCUT2D eigenvalue weighted by Crippen LogP contribution is -2.52.